The number of ether oxygens (including phenoxy) is 1. The van der Waals surface area contributed by atoms with Gasteiger partial charge in [0.25, 0.3) is 0 Å². The molecule has 2 rings (SSSR count). The molecule has 0 unspecified atom stereocenters. The molecule has 2 aromatic rings. The zero-order valence-corrected chi connectivity index (χ0v) is 17.4. The highest BCUT2D eigenvalue weighted by Gasteiger charge is 2.17. The van der Waals surface area contributed by atoms with Gasteiger partial charge in [-0.15, -0.1) is 0 Å². The molecule has 0 saturated heterocycles. The minimum atomic E-state index is -1.19. The van der Waals surface area contributed by atoms with Gasteiger partial charge in [-0.25, -0.2) is 19.6 Å². The van der Waals surface area contributed by atoms with E-state index < -0.39 is 11.9 Å². The normalized spacial score (nSPS) is 9.64. The predicted molar refractivity (Wildman–Crippen MR) is 105 cm³/mol. The number of azide groups is 1. The van der Waals surface area contributed by atoms with E-state index in [0.717, 1.165) is 12.4 Å². The van der Waals surface area contributed by atoms with E-state index in [1.165, 1.54) is 0 Å². The molecule has 14 heteroatoms. The van der Waals surface area contributed by atoms with Crippen molar-refractivity contribution in [3.8, 4) is 0 Å². The van der Waals surface area contributed by atoms with Crippen LogP contribution in [0.25, 0.3) is 10.4 Å². The van der Waals surface area contributed by atoms with Crippen molar-refractivity contribution >= 4 is 75.6 Å². The fourth-order valence-corrected chi connectivity index (χ4v) is 2.44. The molecule has 28 heavy (non-hydrogen) atoms. The van der Waals surface area contributed by atoms with Gasteiger partial charge in [0.05, 0.1) is 38.5 Å². The first-order valence-corrected chi connectivity index (χ1v) is 8.83. The summed E-state index contributed by atoms with van der Waals surface area (Å²) in [6, 6.07) is 0. The standard InChI is InChI=1S/C8H6Cl2N4O2.C6H2Cl3NO2/c1-2-16-8(15)4-3-12-7(10)5(9)6(4)13-14-11;7-3-2(6(11)12)1-10-5(9)4(3)8/h3H,2H2,1H3;1H,(H,11,12). The van der Waals surface area contributed by atoms with Crippen LogP contribution < -0.4 is 0 Å². The second-order valence-electron chi connectivity index (χ2n) is 4.43. The zero-order valence-electron chi connectivity index (χ0n) is 13.7. The highest BCUT2D eigenvalue weighted by atomic mass is 35.5. The lowest BCUT2D eigenvalue weighted by Gasteiger charge is -2.06. The molecule has 0 bridgehead atoms. The fraction of sp³-hybridized carbons (Fsp3) is 0.143. The number of carboxylic acid groups (broad SMARTS) is 1. The van der Waals surface area contributed by atoms with Gasteiger partial charge in [-0.05, 0) is 12.5 Å². The van der Waals surface area contributed by atoms with Gasteiger partial charge < -0.3 is 9.84 Å². The predicted octanol–water partition coefficient (Wildman–Crippen LogP) is 6.25. The number of esters is 1. The van der Waals surface area contributed by atoms with E-state index in [4.69, 9.17) is 73.4 Å². The summed E-state index contributed by atoms with van der Waals surface area (Å²) in [5.41, 5.74) is 8.09. The smallest absolute Gasteiger partial charge is 0.340 e. The number of aromatic nitrogens is 2. The first-order valence-electron chi connectivity index (χ1n) is 6.94. The van der Waals surface area contributed by atoms with E-state index in [0.29, 0.717) is 0 Å². The number of aromatic carboxylic acids is 1. The van der Waals surface area contributed by atoms with Crippen LogP contribution in [0.5, 0.6) is 0 Å². The van der Waals surface area contributed by atoms with Crippen LogP contribution in [0.3, 0.4) is 0 Å². The van der Waals surface area contributed by atoms with Crippen LogP contribution in [0.1, 0.15) is 27.6 Å². The number of carbonyl (C=O) groups is 2. The number of hydrogen-bond donors (Lipinski definition) is 1. The minimum absolute atomic E-state index is 0.00772. The van der Waals surface area contributed by atoms with Crippen LogP contribution in [-0.2, 0) is 4.74 Å². The number of halogens is 5. The summed E-state index contributed by atoms with van der Waals surface area (Å²) in [7, 11) is 0. The quantitative estimate of drug-likeness (QED) is 0.178. The molecule has 9 nitrogen and oxygen atoms in total. The van der Waals surface area contributed by atoms with E-state index in [9.17, 15) is 9.59 Å². The van der Waals surface area contributed by atoms with Gasteiger partial charge in [-0.3, -0.25) is 0 Å². The van der Waals surface area contributed by atoms with Gasteiger partial charge in [-0.2, -0.15) is 0 Å². The van der Waals surface area contributed by atoms with Gasteiger partial charge in [0.1, 0.15) is 10.3 Å². The van der Waals surface area contributed by atoms with Crippen molar-refractivity contribution in [3.63, 3.8) is 0 Å². The summed E-state index contributed by atoms with van der Waals surface area (Å²) in [6.45, 7) is 1.84. The molecule has 0 radical (unpaired) electrons. The van der Waals surface area contributed by atoms with E-state index in [1.54, 1.807) is 6.92 Å². The molecule has 0 aromatic carbocycles. The molecule has 0 spiro atoms. The van der Waals surface area contributed by atoms with Crippen molar-refractivity contribution in [2.45, 2.75) is 6.92 Å². The molecule has 0 amide bonds. The summed E-state index contributed by atoms with van der Waals surface area (Å²) in [6.07, 6.45) is 2.20. The van der Waals surface area contributed by atoms with Crippen molar-refractivity contribution in [1.29, 1.82) is 0 Å². The second-order valence-corrected chi connectivity index (χ2v) is 6.28. The maximum absolute atomic E-state index is 11.5. The summed E-state index contributed by atoms with van der Waals surface area (Å²) < 4.78 is 4.75. The van der Waals surface area contributed by atoms with E-state index in [1.807, 2.05) is 0 Å². The van der Waals surface area contributed by atoms with E-state index >= 15 is 0 Å². The number of rotatable bonds is 4. The van der Waals surface area contributed by atoms with Crippen molar-refractivity contribution in [2.75, 3.05) is 6.61 Å². The molecule has 2 aromatic heterocycles. The lowest BCUT2D eigenvalue weighted by atomic mass is 10.2. The fourth-order valence-electron chi connectivity index (χ4n) is 1.55. The molecule has 0 aliphatic rings. The zero-order chi connectivity index (χ0) is 21.4. The summed E-state index contributed by atoms with van der Waals surface area (Å²) in [5, 5.41) is 11.6. The number of carboxylic acids is 1. The lowest BCUT2D eigenvalue weighted by Crippen LogP contribution is -2.05. The monoisotopic (exact) mass is 485 g/mol. The minimum Gasteiger partial charge on any atom is -0.478 e. The molecule has 1 N–H and O–H groups in total. The van der Waals surface area contributed by atoms with Crippen LogP contribution in [0.4, 0.5) is 5.69 Å². The van der Waals surface area contributed by atoms with Gasteiger partial charge in [0.2, 0.25) is 0 Å². The topological polar surface area (TPSA) is 138 Å². The molecule has 2 heterocycles. The summed E-state index contributed by atoms with van der Waals surface area (Å²) in [4.78, 5) is 31.7. The van der Waals surface area contributed by atoms with Crippen LogP contribution in [-0.4, -0.2) is 33.6 Å². The Hall–Kier alpha value is -2.00. The number of hydrogen-bond acceptors (Lipinski definition) is 6. The molecule has 0 atom stereocenters. The average molecular weight is 488 g/mol. The lowest BCUT2D eigenvalue weighted by molar-refractivity contribution is 0.0526. The first-order chi connectivity index (χ1) is 13.1. The Bertz CT molecular complexity index is 966. The number of nitrogens with zero attached hydrogens (tertiary/aromatic N) is 5. The Balaban J connectivity index is 0.000000292. The van der Waals surface area contributed by atoms with Crippen LogP contribution in [0, 0.1) is 0 Å². The molecule has 0 fully saturated rings. The molecule has 148 valence electrons. The summed E-state index contributed by atoms with van der Waals surface area (Å²) in [5.74, 6) is -1.86. The van der Waals surface area contributed by atoms with Crippen LogP contribution >= 0.6 is 58.0 Å². The SMILES string of the molecule is CCOC(=O)c1cnc(Cl)c(Cl)c1N=[N+]=[N-].O=C(O)c1cnc(Cl)c(Cl)c1Cl. The first kappa shape index (κ1) is 24.0. The molecule has 0 saturated carbocycles. The highest BCUT2D eigenvalue weighted by Crippen LogP contribution is 2.34. The Kier molecular flexibility index (Phi) is 9.54. The Morgan fingerprint density at radius 1 is 1.07 bits per heavy atom. The second kappa shape index (κ2) is 11.1. The highest BCUT2D eigenvalue weighted by molar-refractivity contribution is 6.48. The van der Waals surface area contributed by atoms with Crippen LogP contribution in [0.15, 0.2) is 17.5 Å². The van der Waals surface area contributed by atoms with E-state index in [2.05, 4.69) is 20.0 Å². The maximum atomic E-state index is 11.5. The van der Waals surface area contributed by atoms with Gasteiger partial charge in [0.15, 0.2) is 0 Å². The Morgan fingerprint density at radius 3 is 2.11 bits per heavy atom. The van der Waals surface area contributed by atoms with Gasteiger partial charge >= 0.3 is 11.9 Å². The third kappa shape index (κ3) is 6.00. The molecular formula is C14H8Cl5N5O4. The third-order valence-corrected chi connectivity index (χ3v) is 4.72. The van der Waals surface area contributed by atoms with E-state index in [-0.39, 0.29) is 48.8 Å². The summed E-state index contributed by atoms with van der Waals surface area (Å²) >= 11 is 27.9. The maximum Gasteiger partial charge on any atom is 0.340 e. The molecule has 0 aliphatic carbocycles. The van der Waals surface area contributed by atoms with Crippen LogP contribution in [0.2, 0.25) is 25.4 Å². The van der Waals surface area contributed by atoms with Crippen molar-refractivity contribution < 1.29 is 19.4 Å². The average Bonchev–Trinajstić information content (AvgIpc) is 2.64. The number of carbonyl (C=O) groups excluding carboxylic acids is 1. The largest absolute Gasteiger partial charge is 0.478 e. The number of pyridine rings is 2. The van der Waals surface area contributed by atoms with Crippen molar-refractivity contribution in [3.05, 3.63) is 59.3 Å². The van der Waals surface area contributed by atoms with Crippen molar-refractivity contribution in [2.24, 2.45) is 5.11 Å². The van der Waals surface area contributed by atoms with Gasteiger partial charge in [-0.1, -0.05) is 63.1 Å². The molecule has 0 aliphatic heterocycles. The third-order valence-electron chi connectivity index (χ3n) is 2.74. The molecular weight excluding hydrogens is 479 g/mol. The Labute approximate surface area is 182 Å². The van der Waals surface area contributed by atoms with Crippen molar-refractivity contribution in [1.82, 2.24) is 9.97 Å². The van der Waals surface area contributed by atoms with Gasteiger partial charge in [0, 0.05) is 17.3 Å². The Morgan fingerprint density at radius 2 is 1.61 bits per heavy atom.